The van der Waals surface area contributed by atoms with Crippen LogP contribution >= 0.6 is 0 Å². The molecule has 0 aliphatic rings. The second-order valence-corrected chi connectivity index (χ2v) is 3.44. The molecule has 16 heavy (non-hydrogen) atoms. The molecule has 2 aromatic rings. The Morgan fingerprint density at radius 1 is 1.25 bits per heavy atom. The van der Waals surface area contributed by atoms with Gasteiger partial charge in [-0.2, -0.15) is 9.37 Å². The van der Waals surface area contributed by atoms with E-state index in [-0.39, 0.29) is 11.2 Å². The zero-order valence-corrected chi connectivity index (χ0v) is 8.54. The molecule has 4 N–H and O–H groups in total. The Morgan fingerprint density at radius 2 is 1.94 bits per heavy atom. The van der Waals surface area contributed by atoms with Crippen LogP contribution in [0.15, 0.2) is 18.2 Å². The van der Waals surface area contributed by atoms with E-state index in [4.69, 9.17) is 11.6 Å². The molecule has 0 amide bonds. The molecule has 0 saturated carbocycles. The average Bonchev–Trinajstić information content (AvgIpc) is 2.18. The summed E-state index contributed by atoms with van der Waals surface area (Å²) in [5.74, 6) is 4.19. The van der Waals surface area contributed by atoms with E-state index >= 15 is 0 Å². The number of nitrogens with zero attached hydrogens (tertiary/aromatic N) is 2. The number of benzene rings is 1. The van der Waals surface area contributed by atoms with E-state index in [1.54, 1.807) is 7.05 Å². The third kappa shape index (κ3) is 1.53. The van der Waals surface area contributed by atoms with Crippen molar-refractivity contribution in [2.24, 2.45) is 5.84 Å². The van der Waals surface area contributed by atoms with Crippen LogP contribution in [0.1, 0.15) is 0 Å². The van der Waals surface area contributed by atoms with Crippen LogP contribution in [-0.4, -0.2) is 12.0 Å². The van der Waals surface area contributed by atoms with Gasteiger partial charge in [-0.3, -0.25) is 0 Å². The Bertz CT molecular complexity index is 554. The van der Waals surface area contributed by atoms with Crippen molar-refractivity contribution in [3.8, 4) is 0 Å². The number of hydrogen-bond donors (Lipinski definition) is 2. The standard InChI is InChI=1S/C10H10F2N4/c1-16(14)8-6-3-2-5(11)4-7(6)9(12)15-10(8)13/h2-4H,14H2,1H3,(H2,13,15). The van der Waals surface area contributed by atoms with Gasteiger partial charge in [-0.1, -0.05) is 0 Å². The zero-order valence-electron chi connectivity index (χ0n) is 8.54. The number of hydrogen-bond acceptors (Lipinski definition) is 4. The van der Waals surface area contributed by atoms with Crippen LogP contribution in [0.2, 0.25) is 0 Å². The zero-order chi connectivity index (χ0) is 11.9. The molecule has 0 spiro atoms. The third-order valence-electron chi connectivity index (χ3n) is 2.27. The van der Waals surface area contributed by atoms with Crippen molar-refractivity contribution >= 4 is 22.3 Å². The van der Waals surface area contributed by atoms with E-state index in [2.05, 4.69) is 4.98 Å². The minimum Gasteiger partial charge on any atom is -0.382 e. The number of nitrogen functional groups attached to an aromatic ring is 1. The highest BCUT2D eigenvalue weighted by Gasteiger charge is 2.14. The lowest BCUT2D eigenvalue weighted by Gasteiger charge is -2.16. The summed E-state index contributed by atoms with van der Waals surface area (Å²) < 4.78 is 26.4. The molecule has 0 unspecified atom stereocenters. The highest BCUT2D eigenvalue weighted by molar-refractivity contribution is 5.98. The van der Waals surface area contributed by atoms with Gasteiger partial charge in [-0.15, -0.1) is 0 Å². The third-order valence-corrected chi connectivity index (χ3v) is 2.27. The Morgan fingerprint density at radius 3 is 2.56 bits per heavy atom. The molecule has 1 aromatic heterocycles. The van der Waals surface area contributed by atoms with Crippen LogP contribution in [-0.2, 0) is 0 Å². The van der Waals surface area contributed by atoms with Crippen LogP contribution in [0.4, 0.5) is 20.3 Å². The fourth-order valence-corrected chi connectivity index (χ4v) is 1.62. The van der Waals surface area contributed by atoms with E-state index in [1.807, 2.05) is 0 Å². The van der Waals surface area contributed by atoms with Crippen molar-refractivity contribution in [2.45, 2.75) is 0 Å². The lowest BCUT2D eigenvalue weighted by Crippen LogP contribution is -2.26. The summed E-state index contributed by atoms with van der Waals surface area (Å²) in [7, 11) is 1.55. The Balaban J connectivity index is 2.90. The van der Waals surface area contributed by atoms with Crippen molar-refractivity contribution in [2.75, 3.05) is 17.8 Å². The molecular formula is C10H10F2N4. The SMILES string of the molecule is CN(N)c1c(N)nc(F)c2cc(F)ccc12. The van der Waals surface area contributed by atoms with Gasteiger partial charge in [-0.25, -0.2) is 10.2 Å². The summed E-state index contributed by atoms with van der Waals surface area (Å²) in [6.45, 7) is 0. The van der Waals surface area contributed by atoms with E-state index < -0.39 is 11.8 Å². The maximum Gasteiger partial charge on any atom is 0.222 e. The minimum absolute atomic E-state index is 0.0263. The van der Waals surface area contributed by atoms with Gasteiger partial charge in [0.2, 0.25) is 5.95 Å². The highest BCUT2D eigenvalue weighted by atomic mass is 19.1. The van der Waals surface area contributed by atoms with Crippen LogP contribution in [0, 0.1) is 11.8 Å². The topological polar surface area (TPSA) is 68.2 Å². The lowest BCUT2D eigenvalue weighted by atomic mass is 10.1. The molecule has 1 aromatic carbocycles. The molecule has 0 bridgehead atoms. The first-order valence-corrected chi connectivity index (χ1v) is 4.53. The number of pyridine rings is 1. The number of anilines is 2. The molecule has 0 radical (unpaired) electrons. The molecule has 6 heteroatoms. The van der Waals surface area contributed by atoms with Gasteiger partial charge in [0.25, 0.3) is 0 Å². The normalized spacial score (nSPS) is 10.8. The first-order valence-electron chi connectivity index (χ1n) is 4.53. The summed E-state index contributed by atoms with van der Waals surface area (Å²) in [4.78, 5) is 3.49. The van der Waals surface area contributed by atoms with Crippen LogP contribution in [0.25, 0.3) is 10.8 Å². The second-order valence-electron chi connectivity index (χ2n) is 3.44. The predicted molar refractivity (Wildman–Crippen MR) is 58.7 cm³/mol. The van der Waals surface area contributed by atoms with Gasteiger partial charge in [0.15, 0.2) is 5.82 Å². The monoisotopic (exact) mass is 224 g/mol. The molecule has 0 saturated heterocycles. The lowest BCUT2D eigenvalue weighted by molar-refractivity contribution is 0.594. The molecular weight excluding hydrogens is 214 g/mol. The second kappa shape index (κ2) is 3.57. The summed E-state index contributed by atoms with van der Waals surface area (Å²) in [5, 5.41) is 1.71. The predicted octanol–water partition coefficient (Wildman–Crippen LogP) is 1.41. The minimum atomic E-state index is -0.808. The Kier molecular flexibility index (Phi) is 2.35. The van der Waals surface area contributed by atoms with Gasteiger partial charge in [0.1, 0.15) is 11.5 Å². The van der Waals surface area contributed by atoms with E-state index in [0.717, 1.165) is 6.07 Å². The average molecular weight is 224 g/mol. The molecule has 84 valence electrons. The fourth-order valence-electron chi connectivity index (χ4n) is 1.62. The smallest absolute Gasteiger partial charge is 0.222 e. The maximum absolute atomic E-state index is 13.5. The largest absolute Gasteiger partial charge is 0.382 e. The Labute approximate surface area is 90.4 Å². The molecule has 2 rings (SSSR count). The molecule has 1 heterocycles. The number of rotatable bonds is 1. The van der Waals surface area contributed by atoms with Crippen molar-refractivity contribution in [3.05, 3.63) is 30.0 Å². The van der Waals surface area contributed by atoms with Gasteiger partial charge in [0.05, 0.1) is 0 Å². The number of fused-ring (bicyclic) bond motifs is 1. The first kappa shape index (κ1) is 10.6. The number of aromatic nitrogens is 1. The van der Waals surface area contributed by atoms with Crippen LogP contribution in [0.5, 0.6) is 0 Å². The van der Waals surface area contributed by atoms with E-state index in [0.29, 0.717) is 11.1 Å². The van der Waals surface area contributed by atoms with Crippen molar-refractivity contribution < 1.29 is 8.78 Å². The molecule has 0 aliphatic heterocycles. The van der Waals surface area contributed by atoms with E-state index in [9.17, 15) is 8.78 Å². The van der Waals surface area contributed by atoms with Crippen LogP contribution < -0.4 is 16.6 Å². The van der Waals surface area contributed by atoms with Crippen molar-refractivity contribution in [3.63, 3.8) is 0 Å². The number of nitrogens with two attached hydrogens (primary N) is 2. The molecule has 0 fully saturated rings. The number of hydrazine groups is 1. The maximum atomic E-state index is 13.5. The van der Waals surface area contributed by atoms with Gasteiger partial charge < -0.3 is 10.7 Å². The van der Waals surface area contributed by atoms with Gasteiger partial charge in [-0.05, 0) is 18.2 Å². The molecule has 0 aliphatic carbocycles. The summed E-state index contributed by atoms with van der Waals surface area (Å²) in [6, 6.07) is 3.70. The Hall–Kier alpha value is -1.95. The van der Waals surface area contributed by atoms with Gasteiger partial charge in [0, 0.05) is 17.8 Å². The summed E-state index contributed by atoms with van der Waals surface area (Å²) in [6.07, 6.45) is 0. The summed E-state index contributed by atoms with van der Waals surface area (Å²) in [5.41, 5.74) is 5.93. The van der Waals surface area contributed by atoms with Crippen molar-refractivity contribution in [1.29, 1.82) is 0 Å². The quantitative estimate of drug-likeness (QED) is 0.436. The van der Waals surface area contributed by atoms with Crippen molar-refractivity contribution in [1.82, 2.24) is 4.98 Å². The first-order chi connectivity index (χ1) is 7.50. The fraction of sp³-hybridized carbons (Fsp3) is 0.100. The molecule has 0 atom stereocenters. The van der Waals surface area contributed by atoms with Crippen LogP contribution in [0.3, 0.4) is 0 Å². The molecule has 4 nitrogen and oxygen atoms in total. The summed E-state index contributed by atoms with van der Waals surface area (Å²) >= 11 is 0. The van der Waals surface area contributed by atoms with Gasteiger partial charge >= 0.3 is 0 Å². The highest BCUT2D eigenvalue weighted by Crippen LogP contribution is 2.31. The van der Waals surface area contributed by atoms with E-state index in [1.165, 1.54) is 17.1 Å². The number of halogens is 2.